The highest BCUT2D eigenvalue weighted by atomic mass is 32.1. The molecule has 108 valence electrons. The number of rotatable bonds is 6. The fraction of sp³-hybridized carbons (Fsp3) is 0.714. The van der Waals surface area contributed by atoms with E-state index in [0.717, 1.165) is 29.9 Å². The van der Waals surface area contributed by atoms with Crippen molar-refractivity contribution in [3.63, 3.8) is 0 Å². The van der Waals surface area contributed by atoms with Crippen LogP contribution in [0.5, 0.6) is 0 Å². The molecule has 0 aromatic carbocycles. The summed E-state index contributed by atoms with van der Waals surface area (Å²) in [5, 5.41) is 0. The third-order valence-electron chi connectivity index (χ3n) is 3.45. The minimum atomic E-state index is -0.00239. The van der Waals surface area contributed by atoms with Crippen LogP contribution in [-0.2, 0) is 16.1 Å². The van der Waals surface area contributed by atoms with Crippen LogP contribution < -0.4 is 4.80 Å². The second-order valence-corrected chi connectivity index (χ2v) is 5.82. The van der Waals surface area contributed by atoms with Gasteiger partial charge < -0.3 is 9.30 Å². The maximum absolute atomic E-state index is 12.1. The van der Waals surface area contributed by atoms with Gasteiger partial charge >= 0.3 is 0 Å². The van der Waals surface area contributed by atoms with Crippen LogP contribution in [0.1, 0.15) is 37.3 Å². The molecular weight excluding hydrogens is 260 g/mol. The van der Waals surface area contributed by atoms with Gasteiger partial charge in [-0.25, -0.2) is 0 Å². The number of carbonyl (C=O) groups is 1. The summed E-state index contributed by atoms with van der Waals surface area (Å²) in [5.74, 6) is 0.0380. The molecule has 0 saturated heterocycles. The van der Waals surface area contributed by atoms with Crippen molar-refractivity contribution in [2.75, 3.05) is 13.7 Å². The summed E-state index contributed by atoms with van der Waals surface area (Å²) < 4.78 is 7.19. The van der Waals surface area contributed by atoms with Crippen LogP contribution in [0.25, 0.3) is 0 Å². The molecule has 0 radical (unpaired) electrons. The highest BCUT2D eigenvalue weighted by Gasteiger charge is 2.14. The van der Waals surface area contributed by atoms with Gasteiger partial charge in [0.2, 0.25) is 0 Å². The number of amides is 1. The molecule has 0 atom stereocenters. The van der Waals surface area contributed by atoms with Crippen LogP contribution in [0.2, 0.25) is 0 Å². The van der Waals surface area contributed by atoms with Gasteiger partial charge in [-0.15, -0.1) is 11.3 Å². The normalized spacial score (nSPS) is 12.4. The van der Waals surface area contributed by atoms with Gasteiger partial charge in [0, 0.05) is 30.1 Å². The van der Waals surface area contributed by atoms with Gasteiger partial charge in [-0.05, 0) is 26.7 Å². The predicted octanol–water partition coefficient (Wildman–Crippen LogP) is 2.68. The minimum absolute atomic E-state index is 0.00239. The van der Waals surface area contributed by atoms with Crippen LogP contribution in [0.15, 0.2) is 4.99 Å². The largest absolute Gasteiger partial charge is 0.383 e. The lowest BCUT2D eigenvalue weighted by Gasteiger charge is -2.07. The molecule has 0 spiro atoms. The van der Waals surface area contributed by atoms with Crippen LogP contribution in [0.4, 0.5) is 0 Å². The van der Waals surface area contributed by atoms with Crippen molar-refractivity contribution in [1.82, 2.24) is 4.57 Å². The zero-order chi connectivity index (χ0) is 14.4. The molecule has 0 aliphatic heterocycles. The van der Waals surface area contributed by atoms with E-state index in [1.165, 1.54) is 4.88 Å². The molecule has 0 bridgehead atoms. The van der Waals surface area contributed by atoms with E-state index >= 15 is 0 Å². The third kappa shape index (κ3) is 4.01. The van der Waals surface area contributed by atoms with Crippen molar-refractivity contribution in [2.45, 2.75) is 47.1 Å². The summed E-state index contributed by atoms with van der Waals surface area (Å²) in [6.45, 7) is 9.55. The van der Waals surface area contributed by atoms with Crippen molar-refractivity contribution < 1.29 is 9.53 Å². The third-order valence-corrected chi connectivity index (χ3v) is 4.55. The van der Waals surface area contributed by atoms with Gasteiger partial charge in [0.05, 0.1) is 6.61 Å². The van der Waals surface area contributed by atoms with Crippen molar-refractivity contribution >= 4 is 17.2 Å². The number of methoxy groups -OCH3 is 1. The van der Waals surface area contributed by atoms with Crippen LogP contribution in [0, 0.1) is 19.8 Å². The lowest BCUT2D eigenvalue weighted by molar-refractivity contribution is -0.122. The molecule has 1 heterocycles. The average molecular weight is 284 g/mol. The fourth-order valence-corrected chi connectivity index (χ4v) is 2.96. The molecule has 1 aromatic heterocycles. The van der Waals surface area contributed by atoms with Gasteiger partial charge in [0.25, 0.3) is 5.91 Å². The Labute approximate surface area is 119 Å². The van der Waals surface area contributed by atoms with Gasteiger partial charge in [0.1, 0.15) is 0 Å². The molecular formula is C14H24N2O2S. The van der Waals surface area contributed by atoms with E-state index in [2.05, 4.69) is 23.4 Å². The summed E-state index contributed by atoms with van der Waals surface area (Å²) in [7, 11) is 1.68. The lowest BCUT2D eigenvalue weighted by Crippen LogP contribution is -2.22. The summed E-state index contributed by atoms with van der Waals surface area (Å²) >= 11 is 1.58. The molecule has 4 nitrogen and oxygen atoms in total. The molecule has 0 aliphatic rings. The van der Waals surface area contributed by atoms with E-state index in [1.807, 2.05) is 13.8 Å². The smallest absolute Gasteiger partial charge is 0.251 e. The van der Waals surface area contributed by atoms with E-state index in [4.69, 9.17) is 4.74 Å². The Morgan fingerprint density at radius 3 is 2.53 bits per heavy atom. The predicted molar refractivity (Wildman–Crippen MR) is 78.3 cm³/mol. The zero-order valence-electron chi connectivity index (χ0n) is 12.5. The molecule has 0 aliphatic carbocycles. The first-order valence-electron chi connectivity index (χ1n) is 6.79. The van der Waals surface area contributed by atoms with E-state index in [0.29, 0.717) is 6.61 Å². The molecule has 19 heavy (non-hydrogen) atoms. The number of carbonyl (C=O) groups excluding carboxylic acids is 1. The van der Waals surface area contributed by atoms with Crippen LogP contribution in [-0.4, -0.2) is 24.2 Å². The second-order valence-electron chi connectivity index (χ2n) is 4.63. The highest BCUT2D eigenvalue weighted by molar-refractivity contribution is 7.09. The van der Waals surface area contributed by atoms with Gasteiger partial charge in [0.15, 0.2) is 4.80 Å². The molecule has 1 amide bonds. The van der Waals surface area contributed by atoms with Crippen molar-refractivity contribution in [1.29, 1.82) is 0 Å². The zero-order valence-corrected chi connectivity index (χ0v) is 13.3. The highest BCUT2D eigenvalue weighted by Crippen LogP contribution is 2.12. The lowest BCUT2D eigenvalue weighted by atomic mass is 10.0. The number of thiazole rings is 1. The average Bonchev–Trinajstić information content (AvgIpc) is 2.64. The summed E-state index contributed by atoms with van der Waals surface area (Å²) in [6.07, 6.45) is 1.69. The van der Waals surface area contributed by atoms with Crippen LogP contribution >= 0.6 is 11.3 Å². The molecule has 0 unspecified atom stereocenters. The molecule has 0 fully saturated rings. The second kappa shape index (κ2) is 7.60. The van der Waals surface area contributed by atoms with E-state index < -0.39 is 0 Å². The number of aromatic nitrogens is 1. The van der Waals surface area contributed by atoms with E-state index in [-0.39, 0.29) is 11.8 Å². The summed E-state index contributed by atoms with van der Waals surface area (Å²) in [6, 6.07) is 0. The first kappa shape index (κ1) is 16.1. The maximum atomic E-state index is 12.1. The Balaban J connectivity index is 3.11. The summed E-state index contributed by atoms with van der Waals surface area (Å²) in [5.41, 5.74) is 1.16. The quantitative estimate of drug-likeness (QED) is 0.806. The first-order valence-corrected chi connectivity index (χ1v) is 7.61. The number of nitrogens with zero attached hydrogens (tertiary/aromatic N) is 2. The molecule has 0 N–H and O–H groups in total. The molecule has 1 aromatic rings. The molecule has 5 heteroatoms. The molecule has 0 saturated carbocycles. The number of hydrogen-bond donors (Lipinski definition) is 0. The van der Waals surface area contributed by atoms with Crippen molar-refractivity contribution in [3.05, 3.63) is 15.4 Å². The standard InChI is InChI=1S/C14H24N2O2S/c1-6-12(7-2)13(17)15-14-16(8-9-18-5)10(3)11(4)19-14/h12H,6-9H2,1-5H3. The first-order chi connectivity index (χ1) is 9.04. The van der Waals surface area contributed by atoms with Gasteiger partial charge in [-0.3, -0.25) is 4.79 Å². The minimum Gasteiger partial charge on any atom is -0.383 e. The topological polar surface area (TPSA) is 43.6 Å². The van der Waals surface area contributed by atoms with Gasteiger partial charge in [-0.1, -0.05) is 13.8 Å². The molecule has 1 rings (SSSR count). The maximum Gasteiger partial charge on any atom is 0.251 e. The Hall–Kier alpha value is -0.940. The van der Waals surface area contributed by atoms with Crippen molar-refractivity contribution in [2.24, 2.45) is 10.9 Å². The van der Waals surface area contributed by atoms with Crippen molar-refractivity contribution in [3.8, 4) is 0 Å². The fourth-order valence-electron chi connectivity index (χ4n) is 1.95. The summed E-state index contributed by atoms with van der Waals surface area (Å²) in [4.78, 5) is 18.4. The van der Waals surface area contributed by atoms with Crippen LogP contribution in [0.3, 0.4) is 0 Å². The number of hydrogen-bond acceptors (Lipinski definition) is 3. The Kier molecular flexibility index (Phi) is 6.45. The number of aryl methyl sites for hydroxylation is 1. The Morgan fingerprint density at radius 2 is 2.00 bits per heavy atom. The SMILES string of the molecule is CCC(CC)C(=O)N=c1sc(C)c(C)n1CCOC. The van der Waals surface area contributed by atoms with Gasteiger partial charge in [-0.2, -0.15) is 4.99 Å². The van der Waals surface area contributed by atoms with E-state index in [1.54, 1.807) is 18.4 Å². The Bertz CT molecular complexity index is 484. The van der Waals surface area contributed by atoms with E-state index in [9.17, 15) is 4.79 Å². The monoisotopic (exact) mass is 284 g/mol. The Morgan fingerprint density at radius 1 is 1.37 bits per heavy atom. The number of ether oxygens (including phenoxy) is 1.